The molecule has 1 heterocycles. The van der Waals surface area contributed by atoms with E-state index in [-0.39, 0.29) is 0 Å². The van der Waals surface area contributed by atoms with Gasteiger partial charge in [-0.25, -0.2) is 0 Å². The Hall–Kier alpha value is -0.380. The second kappa shape index (κ2) is 6.18. The molecule has 1 saturated carbocycles. The van der Waals surface area contributed by atoms with E-state index in [0.29, 0.717) is 11.6 Å². The van der Waals surface area contributed by atoms with Gasteiger partial charge in [0.15, 0.2) is 0 Å². The van der Waals surface area contributed by atoms with Gasteiger partial charge in [-0.3, -0.25) is 0 Å². The van der Waals surface area contributed by atoms with E-state index in [2.05, 4.69) is 48.1 Å². The quantitative estimate of drug-likeness (QED) is 0.875. The molecule has 0 aliphatic heterocycles. The van der Waals surface area contributed by atoms with Crippen LogP contribution in [0.3, 0.4) is 0 Å². The number of nitrogens with zero attached hydrogens (tertiary/aromatic N) is 1. The first-order valence-corrected chi connectivity index (χ1v) is 8.01. The lowest BCUT2D eigenvalue weighted by Gasteiger charge is -2.44. The fraction of sp³-hybridized carbons (Fsp3) is 0.733. The van der Waals surface area contributed by atoms with Crippen LogP contribution in [-0.4, -0.2) is 31.1 Å². The van der Waals surface area contributed by atoms with Gasteiger partial charge in [0.25, 0.3) is 0 Å². The maximum absolute atomic E-state index is 3.74. The molecule has 2 rings (SSSR count). The second-order valence-corrected chi connectivity index (χ2v) is 6.62. The number of thiophene rings is 1. The summed E-state index contributed by atoms with van der Waals surface area (Å²) in [5.41, 5.74) is 1.80. The van der Waals surface area contributed by atoms with Gasteiger partial charge >= 0.3 is 0 Å². The molecule has 0 amide bonds. The molecule has 3 heteroatoms. The highest BCUT2D eigenvalue weighted by Crippen LogP contribution is 2.32. The highest BCUT2D eigenvalue weighted by atomic mass is 32.1. The van der Waals surface area contributed by atoms with Gasteiger partial charge in [0.1, 0.15) is 0 Å². The summed E-state index contributed by atoms with van der Waals surface area (Å²) in [4.78, 5) is 2.44. The minimum absolute atomic E-state index is 0.378. The van der Waals surface area contributed by atoms with E-state index in [1.165, 1.54) is 37.7 Å². The first-order valence-electron chi connectivity index (χ1n) is 7.07. The fourth-order valence-electron chi connectivity index (χ4n) is 2.97. The van der Waals surface area contributed by atoms with E-state index in [0.717, 1.165) is 6.54 Å². The maximum Gasteiger partial charge on any atom is 0.0328 e. The van der Waals surface area contributed by atoms with Gasteiger partial charge in [-0.2, -0.15) is 11.3 Å². The zero-order valence-electron chi connectivity index (χ0n) is 11.9. The van der Waals surface area contributed by atoms with Crippen molar-refractivity contribution in [1.29, 1.82) is 0 Å². The minimum atomic E-state index is 0.378. The van der Waals surface area contributed by atoms with Crippen molar-refractivity contribution in [3.8, 4) is 0 Å². The molecule has 1 aliphatic rings. The lowest BCUT2D eigenvalue weighted by molar-refractivity contribution is 0.0958. The molecule has 0 spiro atoms. The van der Waals surface area contributed by atoms with E-state index in [1.54, 1.807) is 11.3 Å². The van der Waals surface area contributed by atoms with Crippen LogP contribution in [0, 0.1) is 0 Å². The number of nitrogens with one attached hydrogen (secondary N) is 1. The Bertz CT molecular complexity index is 339. The zero-order valence-corrected chi connectivity index (χ0v) is 12.7. The molecular formula is C15H26N2S. The van der Waals surface area contributed by atoms with E-state index < -0.39 is 0 Å². The molecule has 0 aromatic carbocycles. The maximum atomic E-state index is 3.74. The third-order valence-electron chi connectivity index (χ3n) is 4.51. The van der Waals surface area contributed by atoms with Crippen LogP contribution in [0.25, 0.3) is 0 Å². The summed E-state index contributed by atoms with van der Waals surface area (Å²) in [5.74, 6) is 0. The molecule has 1 aromatic heterocycles. The number of rotatable bonds is 5. The van der Waals surface area contributed by atoms with Gasteiger partial charge < -0.3 is 10.2 Å². The van der Waals surface area contributed by atoms with Crippen LogP contribution >= 0.6 is 11.3 Å². The van der Waals surface area contributed by atoms with Crippen LogP contribution in [0.2, 0.25) is 0 Å². The fourth-order valence-corrected chi connectivity index (χ4v) is 3.73. The molecule has 18 heavy (non-hydrogen) atoms. The topological polar surface area (TPSA) is 15.3 Å². The minimum Gasteiger partial charge on any atom is -0.308 e. The zero-order chi connectivity index (χ0) is 13.0. The number of likely N-dealkylation sites (N-methyl/N-ethyl adjacent to an activating group) is 1. The third-order valence-corrected chi connectivity index (χ3v) is 5.21. The Morgan fingerprint density at radius 3 is 2.61 bits per heavy atom. The normalized spacial score (nSPS) is 21.1. The molecule has 1 aromatic rings. The highest BCUT2D eigenvalue weighted by molar-refractivity contribution is 7.07. The highest BCUT2D eigenvalue weighted by Gasteiger charge is 2.34. The SMILES string of the molecule is CC(NCC1(N(C)C)CCCCC1)c1ccsc1. The van der Waals surface area contributed by atoms with Crippen LogP contribution in [0.1, 0.15) is 50.6 Å². The summed E-state index contributed by atoms with van der Waals surface area (Å²) in [6.07, 6.45) is 6.85. The van der Waals surface area contributed by atoms with Crippen molar-refractivity contribution in [1.82, 2.24) is 10.2 Å². The molecule has 0 saturated heterocycles. The van der Waals surface area contributed by atoms with Crippen LogP contribution in [-0.2, 0) is 0 Å². The van der Waals surface area contributed by atoms with Gasteiger partial charge in [-0.05, 0) is 56.3 Å². The third kappa shape index (κ3) is 3.14. The Morgan fingerprint density at radius 2 is 2.06 bits per heavy atom. The lowest BCUT2D eigenvalue weighted by atomic mass is 9.80. The second-order valence-electron chi connectivity index (χ2n) is 5.84. The van der Waals surface area contributed by atoms with E-state index in [1.807, 2.05) is 0 Å². The molecule has 1 unspecified atom stereocenters. The largest absolute Gasteiger partial charge is 0.308 e. The Morgan fingerprint density at radius 1 is 1.33 bits per heavy atom. The molecule has 102 valence electrons. The van der Waals surface area contributed by atoms with Crippen molar-refractivity contribution in [3.63, 3.8) is 0 Å². The van der Waals surface area contributed by atoms with E-state index in [9.17, 15) is 0 Å². The van der Waals surface area contributed by atoms with Crippen molar-refractivity contribution in [3.05, 3.63) is 22.4 Å². The van der Waals surface area contributed by atoms with E-state index >= 15 is 0 Å². The Kier molecular flexibility index (Phi) is 4.82. The molecule has 2 nitrogen and oxygen atoms in total. The van der Waals surface area contributed by atoms with Crippen molar-refractivity contribution in [2.24, 2.45) is 0 Å². The average Bonchev–Trinajstić information content (AvgIpc) is 2.91. The van der Waals surface area contributed by atoms with Crippen LogP contribution in [0.4, 0.5) is 0 Å². The van der Waals surface area contributed by atoms with Gasteiger partial charge in [0.05, 0.1) is 0 Å². The standard InChI is InChI=1S/C15H26N2S/c1-13(14-7-10-18-11-14)16-12-15(17(2)3)8-5-4-6-9-15/h7,10-11,13,16H,4-6,8-9,12H2,1-3H3. The molecule has 1 aliphatic carbocycles. The monoisotopic (exact) mass is 266 g/mol. The van der Waals surface area contributed by atoms with Crippen molar-refractivity contribution in [2.75, 3.05) is 20.6 Å². The van der Waals surface area contributed by atoms with Gasteiger partial charge in [0.2, 0.25) is 0 Å². The van der Waals surface area contributed by atoms with Crippen molar-refractivity contribution >= 4 is 11.3 Å². The predicted octanol–water partition coefficient (Wildman–Crippen LogP) is 3.66. The molecule has 1 fully saturated rings. The van der Waals surface area contributed by atoms with Crippen LogP contribution in [0.5, 0.6) is 0 Å². The molecule has 1 atom stereocenters. The Labute approximate surface area is 115 Å². The summed E-state index contributed by atoms with van der Waals surface area (Å²) in [6.45, 7) is 3.38. The summed E-state index contributed by atoms with van der Waals surface area (Å²) >= 11 is 1.78. The first-order chi connectivity index (χ1) is 8.64. The van der Waals surface area contributed by atoms with E-state index in [4.69, 9.17) is 0 Å². The average molecular weight is 266 g/mol. The van der Waals surface area contributed by atoms with Crippen LogP contribution < -0.4 is 5.32 Å². The summed E-state index contributed by atoms with van der Waals surface area (Å²) in [5, 5.41) is 8.16. The van der Waals surface area contributed by atoms with Crippen LogP contribution in [0.15, 0.2) is 16.8 Å². The molecule has 0 radical (unpaired) electrons. The molecule has 0 bridgehead atoms. The summed E-state index contributed by atoms with van der Waals surface area (Å²) in [6, 6.07) is 2.70. The summed E-state index contributed by atoms with van der Waals surface area (Å²) < 4.78 is 0. The predicted molar refractivity (Wildman–Crippen MR) is 80.2 cm³/mol. The molecule has 1 N–H and O–H groups in total. The van der Waals surface area contributed by atoms with Crippen molar-refractivity contribution in [2.45, 2.75) is 50.6 Å². The Balaban J connectivity index is 1.93. The van der Waals surface area contributed by atoms with Crippen molar-refractivity contribution < 1.29 is 0 Å². The smallest absolute Gasteiger partial charge is 0.0328 e. The van der Waals surface area contributed by atoms with Gasteiger partial charge in [-0.15, -0.1) is 0 Å². The molecular weight excluding hydrogens is 240 g/mol. The van der Waals surface area contributed by atoms with Gasteiger partial charge in [-0.1, -0.05) is 19.3 Å². The first kappa shape index (κ1) is 14.0. The number of hydrogen-bond donors (Lipinski definition) is 1. The summed E-state index contributed by atoms with van der Waals surface area (Å²) in [7, 11) is 4.48. The number of hydrogen-bond acceptors (Lipinski definition) is 3. The lowest BCUT2D eigenvalue weighted by Crippen LogP contribution is -2.53. The van der Waals surface area contributed by atoms with Gasteiger partial charge in [0, 0.05) is 18.1 Å².